The summed E-state index contributed by atoms with van der Waals surface area (Å²) in [5, 5.41) is 20.8. The quantitative estimate of drug-likeness (QED) is 0.673. The standard InChI is InChI=1S/C22H17ClN2O3/c1-13-18(12-24)21(27)25(14(2)15-7-4-3-5-8-15)22(28)19(13)20(26)16-9-6-10-17(23)11-16/h3-11,14,28H,1-2H3. The van der Waals surface area contributed by atoms with Gasteiger partial charge in [-0.2, -0.15) is 5.26 Å². The third kappa shape index (κ3) is 3.30. The van der Waals surface area contributed by atoms with Crippen molar-refractivity contribution in [2.45, 2.75) is 19.9 Å². The summed E-state index contributed by atoms with van der Waals surface area (Å²) in [6.07, 6.45) is 0. The summed E-state index contributed by atoms with van der Waals surface area (Å²) in [5.41, 5.74) is 0.260. The van der Waals surface area contributed by atoms with E-state index in [1.807, 2.05) is 24.3 Å². The Balaban J connectivity index is 2.29. The summed E-state index contributed by atoms with van der Waals surface area (Å²) in [7, 11) is 0. The molecule has 1 N–H and O–H groups in total. The number of carbonyl (C=O) groups is 1. The predicted molar refractivity (Wildman–Crippen MR) is 107 cm³/mol. The summed E-state index contributed by atoms with van der Waals surface area (Å²) in [5.74, 6) is -0.981. The molecule has 0 aliphatic heterocycles. The van der Waals surface area contributed by atoms with Crippen LogP contribution >= 0.6 is 11.6 Å². The number of aromatic hydroxyl groups is 1. The van der Waals surface area contributed by atoms with Crippen LogP contribution in [-0.4, -0.2) is 15.5 Å². The maximum Gasteiger partial charge on any atom is 0.272 e. The molecule has 140 valence electrons. The lowest BCUT2D eigenvalue weighted by atomic mass is 9.96. The molecule has 3 rings (SSSR count). The summed E-state index contributed by atoms with van der Waals surface area (Å²) in [4.78, 5) is 26.0. The Morgan fingerprint density at radius 3 is 2.46 bits per heavy atom. The molecule has 5 nitrogen and oxygen atoms in total. The number of rotatable bonds is 4. The van der Waals surface area contributed by atoms with Crippen LogP contribution in [0.5, 0.6) is 5.88 Å². The van der Waals surface area contributed by atoms with Crippen molar-refractivity contribution >= 4 is 17.4 Å². The highest BCUT2D eigenvalue weighted by Gasteiger charge is 2.27. The zero-order chi connectivity index (χ0) is 20.4. The van der Waals surface area contributed by atoms with Crippen LogP contribution in [0.3, 0.4) is 0 Å². The molecule has 1 heterocycles. The number of ketones is 1. The molecular formula is C22H17ClN2O3. The van der Waals surface area contributed by atoms with Crippen molar-refractivity contribution < 1.29 is 9.90 Å². The average molecular weight is 393 g/mol. The van der Waals surface area contributed by atoms with Gasteiger partial charge in [-0.05, 0) is 37.1 Å². The third-order valence-electron chi connectivity index (χ3n) is 4.73. The zero-order valence-electron chi connectivity index (χ0n) is 15.3. The largest absolute Gasteiger partial charge is 0.494 e. The molecule has 0 amide bonds. The van der Waals surface area contributed by atoms with E-state index in [9.17, 15) is 20.0 Å². The van der Waals surface area contributed by atoms with Crippen LogP contribution in [0, 0.1) is 18.3 Å². The Labute approximate surface area is 167 Å². The second-order valence-electron chi connectivity index (χ2n) is 6.41. The molecule has 1 atom stereocenters. The number of pyridine rings is 1. The molecule has 3 aromatic rings. The van der Waals surface area contributed by atoms with E-state index in [0.717, 1.165) is 10.1 Å². The molecule has 0 fully saturated rings. The Hall–Kier alpha value is -3.36. The maximum atomic E-state index is 13.1. The number of carbonyl (C=O) groups excluding carboxylic acids is 1. The first-order valence-electron chi connectivity index (χ1n) is 8.60. The van der Waals surface area contributed by atoms with E-state index < -0.39 is 23.3 Å². The maximum absolute atomic E-state index is 13.1. The van der Waals surface area contributed by atoms with Gasteiger partial charge in [0.15, 0.2) is 5.78 Å². The summed E-state index contributed by atoms with van der Waals surface area (Å²) in [6.45, 7) is 3.20. The fraction of sp³-hybridized carbons (Fsp3) is 0.136. The summed E-state index contributed by atoms with van der Waals surface area (Å²) >= 11 is 5.98. The molecule has 6 heteroatoms. The fourth-order valence-corrected chi connectivity index (χ4v) is 3.40. The first-order valence-corrected chi connectivity index (χ1v) is 8.98. The molecule has 0 saturated heterocycles. The van der Waals surface area contributed by atoms with Crippen LogP contribution in [0.25, 0.3) is 0 Å². The molecular weight excluding hydrogens is 376 g/mol. The average Bonchev–Trinajstić information content (AvgIpc) is 2.68. The number of halogens is 1. The Morgan fingerprint density at radius 2 is 1.86 bits per heavy atom. The van der Waals surface area contributed by atoms with Gasteiger partial charge < -0.3 is 5.11 Å². The number of nitrogens with zero attached hydrogens (tertiary/aromatic N) is 2. The highest BCUT2D eigenvalue weighted by atomic mass is 35.5. The van der Waals surface area contributed by atoms with Gasteiger partial charge in [-0.15, -0.1) is 0 Å². The van der Waals surface area contributed by atoms with Gasteiger partial charge in [0, 0.05) is 10.6 Å². The van der Waals surface area contributed by atoms with Crippen molar-refractivity contribution in [3.05, 3.63) is 97.8 Å². The lowest BCUT2D eigenvalue weighted by molar-refractivity contribution is 0.103. The number of hydrogen-bond acceptors (Lipinski definition) is 4. The van der Waals surface area contributed by atoms with Gasteiger partial charge >= 0.3 is 0 Å². The van der Waals surface area contributed by atoms with E-state index in [0.29, 0.717) is 5.02 Å². The van der Waals surface area contributed by atoms with Crippen molar-refractivity contribution in [2.24, 2.45) is 0 Å². The summed E-state index contributed by atoms with van der Waals surface area (Å²) in [6, 6.07) is 16.7. The van der Waals surface area contributed by atoms with Gasteiger partial charge in [0.25, 0.3) is 5.56 Å². The van der Waals surface area contributed by atoms with Gasteiger partial charge in [0.1, 0.15) is 11.6 Å². The SMILES string of the molecule is Cc1c(C(=O)c2cccc(Cl)c2)c(O)n(C(C)c2ccccc2)c(=O)c1C#N. The molecule has 0 radical (unpaired) electrons. The van der Waals surface area contributed by atoms with Crippen LogP contribution in [0.2, 0.25) is 5.02 Å². The topological polar surface area (TPSA) is 83.1 Å². The third-order valence-corrected chi connectivity index (χ3v) is 4.96. The van der Waals surface area contributed by atoms with Gasteiger partial charge in [0.05, 0.1) is 11.6 Å². The highest BCUT2D eigenvalue weighted by molar-refractivity contribution is 6.31. The number of aromatic nitrogens is 1. The van der Waals surface area contributed by atoms with Crippen LogP contribution in [0.4, 0.5) is 0 Å². The highest BCUT2D eigenvalue weighted by Crippen LogP contribution is 2.29. The Bertz CT molecular complexity index is 1160. The van der Waals surface area contributed by atoms with Gasteiger partial charge in [0.2, 0.25) is 5.88 Å². The van der Waals surface area contributed by atoms with Crippen LogP contribution in [0.15, 0.2) is 59.4 Å². The molecule has 0 aliphatic rings. The van der Waals surface area contributed by atoms with Crippen molar-refractivity contribution in [3.8, 4) is 11.9 Å². The normalized spacial score (nSPS) is 11.6. The van der Waals surface area contributed by atoms with E-state index in [4.69, 9.17) is 11.6 Å². The number of nitriles is 1. The molecule has 0 spiro atoms. The first-order chi connectivity index (χ1) is 13.4. The van der Waals surface area contributed by atoms with E-state index >= 15 is 0 Å². The molecule has 0 aliphatic carbocycles. The van der Waals surface area contributed by atoms with Gasteiger partial charge in [-0.3, -0.25) is 14.2 Å². The van der Waals surface area contributed by atoms with Crippen molar-refractivity contribution in [1.82, 2.24) is 4.57 Å². The minimum Gasteiger partial charge on any atom is -0.494 e. The van der Waals surface area contributed by atoms with E-state index in [2.05, 4.69) is 0 Å². The Morgan fingerprint density at radius 1 is 1.18 bits per heavy atom. The zero-order valence-corrected chi connectivity index (χ0v) is 16.1. The molecule has 0 saturated carbocycles. The first kappa shape index (κ1) is 19.4. The smallest absolute Gasteiger partial charge is 0.272 e. The number of hydrogen-bond donors (Lipinski definition) is 1. The Kier molecular flexibility index (Phi) is 5.34. The van der Waals surface area contributed by atoms with Gasteiger partial charge in [-0.25, -0.2) is 0 Å². The van der Waals surface area contributed by atoms with Gasteiger partial charge in [-0.1, -0.05) is 54.1 Å². The van der Waals surface area contributed by atoms with E-state index in [1.54, 1.807) is 37.3 Å². The molecule has 1 unspecified atom stereocenters. The second-order valence-corrected chi connectivity index (χ2v) is 6.85. The van der Waals surface area contributed by atoms with Crippen LogP contribution in [-0.2, 0) is 0 Å². The minimum atomic E-state index is -0.642. The second kappa shape index (κ2) is 7.71. The molecule has 1 aromatic heterocycles. The molecule has 28 heavy (non-hydrogen) atoms. The lowest BCUT2D eigenvalue weighted by Crippen LogP contribution is -2.29. The van der Waals surface area contributed by atoms with Crippen LogP contribution < -0.4 is 5.56 Å². The van der Waals surface area contributed by atoms with Crippen molar-refractivity contribution in [2.75, 3.05) is 0 Å². The predicted octanol–water partition coefficient (Wildman–Crippen LogP) is 4.23. The summed E-state index contributed by atoms with van der Waals surface area (Å²) < 4.78 is 1.08. The van der Waals surface area contributed by atoms with Crippen LogP contribution in [0.1, 0.15) is 45.6 Å². The van der Waals surface area contributed by atoms with E-state index in [-0.39, 0.29) is 22.3 Å². The van der Waals surface area contributed by atoms with Crippen molar-refractivity contribution in [1.29, 1.82) is 5.26 Å². The van der Waals surface area contributed by atoms with E-state index in [1.165, 1.54) is 13.0 Å². The number of benzene rings is 2. The van der Waals surface area contributed by atoms with Crippen molar-refractivity contribution in [3.63, 3.8) is 0 Å². The minimum absolute atomic E-state index is 0.0822. The molecule has 0 bridgehead atoms. The fourth-order valence-electron chi connectivity index (χ4n) is 3.21. The monoisotopic (exact) mass is 392 g/mol. The lowest BCUT2D eigenvalue weighted by Gasteiger charge is -2.21. The molecule has 2 aromatic carbocycles.